The van der Waals surface area contributed by atoms with E-state index in [0.717, 1.165) is 10.7 Å². The van der Waals surface area contributed by atoms with Gasteiger partial charge in [-0.2, -0.15) is 0 Å². The average Bonchev–Trinajstić information content (AvgIpc) is 3.40. The molecule has 0 aliphatic heterocycles. The average molecular weight is 469 g/mol. The summed E-state index contributed by atoms with van der Waals surface area (Å²) in [5.74, 6) is -0.165. The lowest BCUT2D eigenvalue weighted by molar-refractivity contribution is -0.113. The van der Waals surface area contributed by atoms with Crippen LogP contribution < -0.4 is 5.32 Å². The third kappa shape index (κ3) is 4.86. The molecule has 0 radical (unpaired) electrons. The monoisotopic (exact) mass is 468 g/mol. The first-order chi connectivity index (χ1) is 15.3. The zero-order valence-electron chi connectivity index (χ0n) is 17.7. The Morgan fingerprint density at radius 1 is 1.03 bits per heavy atom. The maximum absolute atomic E-state index is 14.5. The van der Waals surface area contributed by atoms with Gasteiger partial charge in [0, 0.05) is 11.1 Å². The van der Waals surface area contributed by atoms with Crippen molar-refractivity contribution in [2.45, 2.75) is 31.3 Å². The first kappa shape index (κ1) is 22.1. The molecule has 0 saturated carbocycles. The number of carbonyl (C=O) groups is 1. The van der Waals surface area contributed by atoms with E-state index < -0.39 is 5.82 Å². The van der Waals surface area contributed by atoms with Crippen molar-refractivity contribution in [2.24, 2.45) is 0 Å². The van der Waals surface area contributed by atoms with Gasteiger partial charge in [0.25, 0.3) is 0 Å². The molecule has 32 heavy (non-hydrogen) atoms. The summed E-state index contributed by atoms with van der Waals surface area (Å²) in [6.45, 7) is 6.12. The molecule has 2 aromatic carbocycles. The molecule has 0 aliphatic rings. The lowest BCUT2D eigenvalue weighted by atomic mass is 9.98. The number of nitrogens with zero attached hydrogens (tertiary/aromatic N) is 5. The van der Waals surface area contributed by atoms with Gasteiger partial charge < -0.3 is 0 Å². The number of amides is 1. The van der Waals surface area contributed by atoms with E-state index in [2.05, 4.69) is 25.7 Å². The Labute approximate surface area is 193 Å². The number of hydrogen-bond acceptors (Lipinski definition) is 7. The number of para-hydroxylation sites is 1. The number of thioether (sulfide) groups is 1. The number of rotatable bonds is 6. The summed E-state index contributed by atoms with van der Waals surface area (Å²) < 4.78 is 16.2. The summed E-state index contributed by atoms with van der Waals surface area (Å²) in [7, 11) is 0. The van der Waals surface area contributed by atoms with Crippen LogP contribution >= 0.6 is 23.1 Å². The van der Waals surface area contributed by atoms with Crippen LogP contribution in [0.3, 0.4) is 0 Å². The number of carbonyl (C=O) groups excluding carboxylic acids is 1. The van der Waals surface area contributed by atoms with Crippen molar-refractivity contribution in [2.75, 3.05) is 11.1 Å². The third-order valence-electron chi connectivity index (χ3n) is 4.41. The van der Waals surface area contributed by atoms with Crippen LogP contribution in [0.2, 0.25) is 0 Å². The first-order valence-corrected chi connectivity index (χ1v) is 11.7. The summed E-state index contributed by atoms with van der Waals surface area (Å²) in [6, 6.07) is 15.8. The van der Waals surface area contributed by atoms with E-state index in [1.807, 2.05) is 51.1 Å². The van der Waals surface area contributed by atoms with Crippen LogP contribution in [0.5, 0.6) is 0 Å². The Balaban J connectivity index is 1.56. The van der Waals surface area contributed by atoms with Crippen LogP contribution in [-0.4, -0.2) is 36.6 Å². The van der Waals surface area contributed by atoms with Gasteiger partial charge in [-0.1, -0.05) is 74.2 Å². The Morgan fingerprint density at radius 3 is 2.44 bits per heavy atom. The molecule has 0 bridgehead atoms. The quantitative estimate of drug-likeness (QED) is 0.403. The largest absolute Gasteiger partial charge is 0.300 e. The normalized spacial score (nSPS) is 11.5. The van der Waals surface area contributed by atoms with E-state index in [1.54, 1.807) is 22.8 Å². The van der Waals surface area contributed by atoms with E-state index in [9.17, 15) is 9.18 Å². The Bertz CT molecular complexity index is 1230. The van der Waals surface area contributed by atoms with Crippen LogP contribution in [-0.2, 0) is 10.2 Å². The highest BCUT2D eigenvalue weighted by Crippen LogP contribution is 2.30. The van der Waals surface area contributed by atoms with Gasteiger partial charge in [-0.15, -0.1) is 20.4 Å². The summed E-state index contributed by atoms with van der Waals surface area (Å²) in [5, 5.41) is 21.2. The van der Waals surface area contributed by atoms with E-state index in [0.29, 0.717) is 21.7 Å². The third-order valence-corrected chi connectivity index (χ3v) is 6.60. The number of nitrogens with one attached hydrogen (secondary N) is 1. The van der Waals surface area contributed by atoms with E-state index in [1.165, 1.54) is 29.2 Å². The van der Waals surface area contributed by atoms with Gasteiger partial charge in [0.1, 0.15) is 10.8 Å². The van der Waals surface area contributed by atoms with E-state index in [4.69, 9.17) is 0 Å². The molecule has 10 heteroatoms. The van der Waals surface area contributed by atoms with Crippen LogP contribution in [0.15, 0.2) is 59.8 Å². The fourth-order valence-corrected chi connectivity index (χ4v) is 4.42. The molecule has 4 aromatic rings. The highest BCUT2D eigenvalue weighted by Gasteiger charge is 2.21. The maximum Gasteiger partial charge on any atom is 0.236 e. The second kappa shape index (κ2) is 9.17. The Kier molecular flexibility index (Phi) is 6.33. The minimum absolute atomic E-state index is 0.0900. The molecule has 0 spiro atoms. The summed E-state index contributed by atoms with van der Waals surface area (Å²) >= 11 is 2.57. The maximum atomic E-state index is 14.5. The van der Waals surface area contributed by atoms with E-state index >= 15 is 0 Å². The molecule has 164 valence electrons. The number of hydrogen-bond donors (Lipinski definition) is 1. The first-order valence-electron chi connectivity index (χ1n) is 9.85. The summed E-state index contributed by atoms with van der Waals surface area (Å²) in [4.78, 5) is 12.5. The molecule has 1 N–H and O–H groups in total. The minimum atomic E-state index is -0.391. The SMILES string of the molecule is CC(C)(C)c1nnc(NC(=O)CSc2nnc(-c3ccccc3F)n2-c2ccccc2)s1. The molecule has 0 saturated heterocycles. The van der Waals surface area contributed by atoms with Crippen molar-refractivity contribution in [1.82, 2.24) is 25.0 Å². The molecule has 7 nitrogen and oxygen atoms in total. The van der Waals surface area contributed by atoms with Crippen molar-refractivity contribution >= 4 is 34.1 Å². The molecular weight excluding hydrogens is 447 g/mol. The number of benzene rings is 2. The predicted octanol–water partition coefficient (Wildman–Crippen LogP) is 4.95. The zero-order chi connectivity index (χ0) is 22.7. The van der Waals surface area contributed by atoms with Crippen molar-refractivity contribution in [3.8, 4) is 17.1 Å². The molecule has 2 heterocycles. The van der Waals surface area contributed by atoms with Gasteiger partial charge in [-0.05, 0) is 24.3 Å². The van der Waals surface area contributed by atoms with Crippen molar-refractivity contribution in [3.63, 3.8) is 0 Å². The van der Waals surface area contributed by atoms with Gasteiger partial charge in [0.2, 0.25) is 11.0 Å². The molecule has 1 amide bonds. The molecular formula is C22H21FN6OS2. The number of aromatic nitrogens is 5. The summed E-state index contributed by atoms with van der Waals surface area (Å²) in [6.07, 6.45) is 0. The fraction of sp³-hybridized carbons (Fsp3) is 0.227. The molecule has 0 fully saturated rings. The van der Waals surface area contributed by atoms with Gasteiger partial charge in [0.05, 0.1) is 11.3 Å². The Hall–Kier alpha value is -3.11. The van der Waals surface area contributed by atoms with Gasteiger partial charge in [-0.3, -0.25) is 14.7 Å². The van der Waals surface area contributed by atoms with Crippen LogP contribution in [0, 0.1) is 5.82 Å². The second-order valence-corrected chi connectivity index (χ2v) is 9.88. The van der Waals surface area contributed by atoms with Crippen molar-refractivity contribution in [3.05, 3.63) is 65.4 Å². The highest BCUT2D eigenvalue weighted by atomic mass is 32.2. The zero-order valence-corrected chi connectivity index (χ0v) is 19.4. The van der Waals surface area contributed by atoms with Gasteiger partial charge >= 0.3 is 0 Å². The molecule has 0 atom stereocenters. The van der Waals surface area contributed by atoms with Gasteiger partial charge in [0.15, 0.2) is 11.0 Å². The van der Waals surface area contributed by atoms with E-state index in [-0.39, 0.29) is 17.1 Å². The molecule has 4 rings (SSSR count). The predicted molar refractivity (Wildman–Crippen MR) is 125 cm³/mol. The van der Waals surface area contributed by atoms with Crippen molar-refractivity contribution < 1.29 is 9.18 Å². The molecule has 0 unspecified atom stereocenters. The van der Waals surface area contributed by atoms with Crippen molar-refractivity contribution in [1.29, 1.82) is 0 Å². The smallest absolute Gasteiger partial charge is 0.236 e. The lowest BCUT2D eigenvalue weighted by Gasteiger charge is -2.12. The standard InChI is InChI=1S/C22H21FN6OS2/c1-22(2,3)19-26-27-20(32-19)24-17(30)13-31-21-28-25-18(15-11-7-8-12-16(15)23)29(21)14-9-5-4-6-10-14/h4-12H,13H2,1-3H3,(H,24,27,30). The fourth-order valence-electron chi connectivity index (χ4n) is 2.85. The van der Waals surface area contributed by atoms with Crippen LogP contribution in [0.25, 0.3) is 17.1 Å². The van der Waals surface area contributed by atoms with Gasteiger partial charge in [-0.25, -0.2) is 4.39 Å². The topological polar surface area (TPSA) is 85.6 Å². The number of halogens is 1. The second-order valence-electron chi connectivity index (χ2n) is 7.96. The number of anilines is 1. The Morgan fingerprint density at radius 2 is 1.75 bits per heavy atom. The lowest BCUT2D eigenvalue weighted by Crippen LogP contribution is -2.14. The minimum Gasteiger partial charge on any atom is -0.300 e. The highest BCUT2D eigenvalue weighted by molar-refractivity contribution is 7.99. The molecule has 2 aromatic heterocycles. The van der Waals surface area contributed by atoms with Crippen LogP contribution in [0.4, 0.5) is 9.52 Å². The summed E-state index contributed by atoms with van der Waals surface area (Å²) in [5.41, 5.74) is 0.978. The van der Waals surface area contributed by atoms with Crippen LogP contribution in [0.1, 0.15) is 25.8 Å². The molecule has 0 aliphatic carbocycles.